The molecule has 1 aromatic carbocycles. The molecule has 1 aliphatic heterocycles. The van der Waals surface area contributed by atoms with Crippen LogP contribution in [-0.2, 0) is 11.4 Å². The fourth-order valence-electron chi connectivity index (χ4n) is 2.89. The summed E-state index contributed by atoms with van der Waals surface area (Å²) in [6, 6.07) is 6.24. The zero-order valence-electron chi connectivity index (χ0n) is 12.5. The summed E-state index contributed by atoms with van der Waals surface area (Å²) in [7, 11) is 0. The summed E-state index contributed by atoms with van der Waals surface area (Å²) in [6.07, 6.45) is 4.87. The van der Waals surface area contributed by atoms with E-state index in [1.165, 1.54) is 12.8 Å². The molecule has 2 aliphatic rings. The van der Waals surface area contributed by atoms with Crippen molar-refractivity contribution in [3.63, 3.8) is 0 Å². The first kappa shape index (κ1) is 15.9. The quantitative estimate of drug-likeness (QED) is 0.505. The van der Waals surface area contributed by atoms with E-state index in [9.17, 15) is 0 Å². The molecular weight excluding hydrogens is 321 g/mol. The summed E-state index contributed by atoms with van der Waals surface area (Å²) in [5.41, 5.74) is 6.99. The highest BCUT2D eigenvalue weighted by Gasteiger charge is 2.32. The number of oxime groups is 1. The standard InChI is InChI=1S/C16H21Cl2N3O/c17-14-4-1-11(9-15(14)18)10-22-20-16(19)12-5-7-21(8-6-12)13-2-3-13/h1,4,9,12-13H,2-3,5-8,10H2,(H2,19,20). The summed E-state index contributed by atoms with van der Waals surface area (Å²) in [6.45, 7) is 2.59. The summed E-state index contributed by atoms with van der Waals surface area (Å²) >= 11 is 11.8. The Morgan fingerprint density at radius 3 is 2.55 bits per heavy atom. The number of hydrogen-bond donors (Lipinski definition) is 1. The Morgan fingerprint density at radius 1 is 1.18 bits per heavy atom. The Kier molecular flexibility index (Phi) is 5.11. The molecule has 2 N–H and O–H groups in total. The smallest absolute Gasteiger partial charge is 0.142 e. The van der Waals surface area contributed by atoms with Gasteiger partial charge in [-0.15, -0.1) is 0 Å². The number of benzene rings is 1. The second-order valence-corrected chi connectivity index (χ2v) is 6.89. The van der Waals surface area contributed by atoms with Crippen molar-refractivity contribution >= 4 is 29.0 Å². The molecule has 1 aromatic rings. The summed E-state index contributed by atoms with van der Waals surface area (Å²) in [5, 5.41) is 5.14. The van der Waals surface area contributed by atoms with E-state index in [2.05, 4.69) is 10.1 Å². The summed E-state index contributed by atoms with van der Waals surface area (Å²) in [4.78, 5) is 7.93. The van der Waals surface area contributed by atoms with Crippen molar-refractivity contribution in [3.8, 4) is 0 Å². The van der Waals surface area contributed by atoms with Gasteiger partial charge < -0.3 is 15.5 Å². The van der Waals surface area contributed by atoms with Gasteiger partial charge in [-0.2, -0.15) is 0 Å². The van der Waals surface area contributed by atoms with Crippen LogP contribution in [0.4, 0.5) is 0 Å². The monoisotopic (exact) mass is 341 g/mol. The van der Waals surface area contributed by atoms with E-state index in [-0.39, 0.29) is 0 Å². The molecule has 1 heterocycles. The Morgan fingerprint density at radius 2 is 1.91 bits per heavy atom. The minimum absolute atomic E-state index is 0.337. The van der Waals surface area contributed by atoms with Crippen molar-refractivity contribution in [2.75, 3.05) is 13.1 Å². The number of hydrogen-bond acceptors (Lipinski definition) is 3. The van der Waals surface area contributed by atoms with Gasteiger partial charge in [0.05, 0.1) is 10.0 Å². The average Bonchev–Trinajstić information content (AvgIpc) is 3.36. The van der Waals surface area contributed by atoms with Crippen LogP contribution >= 0.6 is 23.2 Å². The summed E-state index contributed by atoms with van der Waals surface area (Å²) in [5.74, 6) is 0.944. The van der Waals surface area contributed by atoms with Crippen molar-refractivity contribution in [2.45, 2.75) is 38.3 Å². The maximum absolute atomic E-state index is 6.06. The molecule has 1 aliphatic carbocycles. The maximum Gasteiger partial charge on any atom is 0.142 e. The number of likely N-dealkylation sites (tertiary alicyclic amines) is 1. The van der Waals surface area contributed by atoms with E-state index >= 15 is 0 Å². The van der Waals surface area contributed by atoms with E-state index in [1.807, 2.05) is 6.07 Å². The number of amidine groups is 1. The van der Waals surface area contributed by atoms with Crippen LogP contribution < -0.4 is 5.73 Å². The Bertz CT molecular complexity index is 552. The van der Waals surface area contributed by atoms with Crippen molar-refractivity contribution in [2.24, 2.45) is 16.8 Å². The van der Waals surface area contributed by atoms with Gasteiger partial charge in [-0.1, -0.05) is 34.4 Å². The molecule has 6 heteroatoms. The molecule has 4 nitrogen and oxygen atoms in total. The topological polar surface area (TPSA) is 50.9 Å². The second-order valence-electron chi connectivity index (χ2n) is 6.08. The Labute approximate surface area is 141 Å². The Hall–Kier alpha value is -0.970. The fourth-order valence-corrected chi connectivity index (χ4v) is 3.21. The number of halogens is 2. The lowest BCUT2D eigenvalue weighted by Gasteiger charge is -2.31. The SMILES string of the molecule is N/C(=N\OCc1ccc(Cl)c(Cl)c1)C1CCN(C2CC2)CC1. The molecule has 1 saturated carbocycles. The van der Waals surface area contributed by atoms with Crippen LogP contribution in [0, 0.1) is 5.92 Å². The zero-order chi connectivity index (χ0) is 15.5. The first-order chi connectivity index (χ1) is 10.6. The molecule has 0 bridgehead atoms. The molecule has 120 valence electrons. The van der Waals surface area contributed by atoms with Crippen molar-refractivity contribution in [1.82, 2.24) is 4.90 Å². The minimum atomic E-state index is 0.337. The molecule has 0 spiro atoms. The van der Waals surface area contributed by atoms with Gasteiger partial charge >= 0.3 is 0 Å². The van der Waals surface area contributed by atoms with Crippen LogP contribution in [0.15, 0.2) is 23.4 Å². The molecule has 0 unspecified atom stereocenters. The van der Waals surface area contributed by atoms with E-state index in [0.717, 1.165) is 37.5 Å². The van der Waals surface area contributed by atoms with E-state index in [0.29, 0.717) is 28.4 Å². The van der Waals surface area contributed by atoms with E-state index < -0.39 is 0 Å². The lowest BCUT2D eigenvalue weighted by Crippen LogP contribution is -2.39. The van der Waals surface area contributed by atoms with Crippen LogP contribution in [0.5, 0.6) is 0 Å². The molecule has 2 fully saturated rings. The van der Waals surface area contributed by atoms with Gasteiger partial charge in [0.2, 0.25) is 0 Å². The van der Waals surface area contributed by atoms with E-state index in [1.54, 1.807) is 12.1 Å². The third-order valence-electron chi connectivity index (χ3n) is 4.40. The van der Waals surface area contributed by atoms with Crippen molar-refractivity contribution in [1.29, 1.82) is 0 Å². The van der Waals surface area contributed by atoms with Crippen LogP contribution in [0.3, 0.4) is 0 Å². The number of piperidine rings is 1. The van der Waals surface area contributed by atoms with Gasteiger partial charge in [-0.05, 0) is 56.5 Å². The molecular formula is C16H21Cl2N3O. The number of rotatable bonds is 5. The molecule has 0 aromatic heterocycles. The zero-order valence-corrected chi connectivity index (χ0v) is 14.0. The van der Waals surface area contributed by atoms with Gasteiger partial charge in [0, 0.05) is 12.0 Å². The van der Waals surface area contributed by atoms with Gasteiger partial charge in [0.25, 0.3) is 0 Å². The van der Waals surface area contributed by atoms with Gasteiger partial charge in [-0.3, -0.25) is 0 Å². The normalized spacial score (nSPS) is 21.1. The van der Waals surface area contributed by atoms with Crippen LogP contribution in [0.1, 0.15) is 31.2 Å². The highest BCUT2D eigenvalue weighted by molar-refractivity contribution is 6.42. The predicted octanol–water partition coefficient (Wildman–Crippen LogP) is 3.66. The third kappa shape index (κ3) is 4.06. The van der Waals surface area contributed by atoms with Crippen molar-refractivity contribution in [3.05, 3.63) is 33.8 Å². The van der Waals surface area contributed by atoms with Crippen LogP contribution in [0.2, 0.25) is 10.0 Å². The first-order valence-corrected chi connectivity index (χ1v) is 8.52. The number of nitrogens with two attached hydrogens (primary N) is 1. The highest BCUT2D eigenvalue weighted by atomic mass is 35.5. The van der Waals surface area contributed by atoms with Crippen LogP contribution in [0.25, 0.3) is 0 Å². The molecule has 0 radical (unpaired) electrons. The van der Waals surface area contributed by atoms with Gasteiger partial charge in [0.15, 0.2) is 0 Å². The molecule has 22 heavy (non-hydrogen) atoms. The summed E-state index contributed by atoms with van der Waals surface area (Å²) < 4.78 is 0. The molecule has 1 saturated heterocycles. The molecule has 3 rings (SSSR count). The minimum Gasteiger partial charge on any atom is -0.390 e. The lowest BCUT2D eigenvalue weighted by atomic mass is 9.96. The second kappa shape index (κ2) is 7.07. The highest BCUT2D eigenvalue weighted by Crippen LogP contribution is 2.30. The maximum atomic E-state index is 6.06. The van der Waals surface area contributed by atoms with Gasteiger partial charge in [-0.25, -0.2) is 0 Å². The molecule has 0 atom stereocenters. The predicted molar refractivity (Wildman–Crippen MR) is 90.2 cm³/mol. The van der Waals surface area contributed by atoms with E-state index in [4.69, 9.17) is 33.8 Å². The number of nitrogens with zero attached hydrogens (tertiary/aromatic N) is 2. The average molecular weight is 342 g/mol. The van der Waals surface area contributed by atoms with Gasteiger partial charge in [0.1, 0.15) is 12.4 Å². The van der Waals surface area contributed by atoms with Crippen LogP contribution in [-0.4, -0.2) is 29.9 Å². The fraction of sp³-hybridized carbons (Fsp3) is 0.562. The lowest BCUT2D eigenvalue weighted by molar-refractivity contribution is 0.126. The molecule has 0 amide bonds. The third-order valence-corrected chi connectivity index (χ3v) is 5.14. The first-order valence-electron chi connectivity index (χ1n) is 7.77. The van der Waals surface area contributed by atoms with Crippen molar-refractivity contribution < 1.29 is 4.84 Å². The largest absolute Gasteiger partial charge is 0.390 e. The Balaban J connectivity index is 1.46.